The molecular formula is C16H24N4O. The van der Waals surface area contributed by atoms with E-state index in [-0.39, 0.29) is 6.03 Å². The van der Waals surface area contributed by atoms with Crippen molar-refractivity contribution in [2.75, 3.05) is 0 Å². The fraction of sp³-hybridized carbons (Fsp3) is 0.562. The molecule has 0 radical (unpaired) electrons. The number of rotatable bonds is 4. The molecule has 2 heterocycles. The molecule has 0 saturated carbocycles. The molecule has 0 N–H and O–H groups in total. The zero-order chi connectivity index (χ0) is 15.6. The Morgan fingerprint density at radius 3 is 2.43 bits per heavy atom. The SMILES string of the molecule is CCCc1c(C(C)C)c(C(C)C)nn1C(=O)n1cccn1. The summed E-state index contributed by atoms with van der Waals surface area (Å²) in [7, 11) is 0. The van der Waals surface area contributed by atoms with Crippen LogP contribution in [0.5, 0.6) is 0 Å². The first-order valence-electron chi connectivity index (χ1n) is 7.63. The zero-order valence-corrected chi connectivity index (χ0v) is 13.5. The van der Waals surface area contributed by atoms with Crippen molar-refractivity contribution >= 4 is 6.03 Å². The number of hydrogen-bond acceptors (Lipinski definition) is 3. The van der Waals surface area contributed by atoms with Gasteiger partial charge in [0.2, 0.25) is 0 Å². The Labute approximate surface area is 126 Å². The van der Waals surface area contributed by atoms with E-state index in [0.717, 1.165) is 24.2 Å². The van der Waals surface area contributed by atoms with Crippen molar-refractivity contribution < 1.29 is 4.79 Å². The lowest BCUT2D eigenvalue weighted by Gasteiger charge is -2.11. The van der Waals surface area contributed by atoms with Crippen LogP contribution in [0.2, 0.25) is 0 Å². The third-order valence-electron chi connectivity index (χ3n) is 3.54. The molecule has 2 aromatic rings. The average Bonchev–Trinajstić information content (AvgIpc) is 3.05. The highest BCUT2D eigenvalue weighted by molar-refractivity contribution is 5.78. The summed E-state index contributed by atoms with van der Waals surface area (Å²) in [5.41, 5.74) is 3.26. The standard InChI is InChI=1S/C16H24N4O/c1-6-8-13-14(11(2)3)15(12(4)5)18-20(13)16(21)19-10-7-9-17-19/h7,9-12H,6,8H2,1-5H3. The predicted molar refractivity (Wildman–Crippen MR) is 82.8 cm³/mol. The quantitative estimate of drug-likeness (QED) is 0.860. The first kappa shape index (κ1) is 15.5. The summed E-state index contributed by atoms with van der Waals surface area (Å²) in [6, 6.07) is 1.53. The summed E-state index contributed by atoms with van der Waals surface area (Å²) in [4.78, 5) is 12.6. The minimum atomic E-state index is -0.211. The molecular weight excluding hydrogens is 264 g/mol. The molecule has 0 bridgehead atoms. The smallest absolute Gasteiger partial charge is 0.244 e. The maximum atomic E-state index is 12.6. The van der Waals surface area contributed by atoms with Crippen molar-refractivity contribution in [2.45, 2.75) is 59.3 Å². The molecule has 0 saturated heterocycles. The maximum absolute atomic E-state index is 12.6. The highest BCUT2D eigenvalue weighted by Crippen LogP contribution is 2.29. The number of aromatic nitrogens is 4. The fourth-order valence-electron chi connectivity index (χ4n) is 2.65. The summed E-state index contributed by atoms with van der Waals surface area (Å²) >= 11 is 0. The van der Waals surface area contributed by atoms with E-state index < -0.39 is 0 Å². The first-order chi connectivity index (χ1) is 9.97. The fourth-order valence-corrected chi connectivity index (χ4v) is 2.65. The van der Waals surface area contributed by atoms with Gasteiger partial charge in [0, 0.05) is 12.4 Å². The highest BCUT2D eigenvalue weighted by atomic mass is 16.2. The van der Waals surface area contributed by atoms with Gasteiger partial charge in [0.05, 0.1) is 11.4 Å². The summed E-state index contributed by atoms with van der Waals surface area (Å²) in [5, 5.41) is 8.64. The van der Waals surface area contributed by atoms with Crippen LogP contribution in [0, 0.1) is 0 Å². The molecule has 0 fully saturated rings. The van der Waals surface area contributed by atoms with Crippen LogP contribution in [0.3, 0.4) is 0 Å². The van der Waals surface area contributed by atoms with Gasteiger partial charge < -0.3 is 0 Å². The Morgan fingerprint density at radius 1 is 1.24 bits per heavy atom. The van der Waals surface area contributed by atoms with Crippen LogP contribution in [0.25, 0.3) is 0 Å². The van der Waals surface area contributed by atoms with E-state index in [1.807, 2.05) is 0 Å². The van der Waals surface area contributed by atoms with Gasteiger partial charge in [-0.2, -0.15) is 19.6 Å². The molecule has 21 heavy (non-hydrogen) atoms. The van der Waals surface area contributed by atoms with Gasteiger partial charge in [-0.25, -0.2) is 4.79 Å². The predicted octanol–water partition coefficient (Wildman–Crippen LogP) is 3.80. The van der Waals surface area contributed by atoms with E-state index in [9.17, 15) is 4.79 Å². The summed E-state index contributed by atoms with van der Waals surface area (Å²) in [6.07, 6.45) is 5.09. The van der Waals surface area contributed by atoms with E-state index in [1.165, 1.54) is 10.2 Å². The molecule has 0 aliphatic heterocycles. The van der Waals surface area contributed by atoms with Gasteiger partial charge in [-0.15, -0.1) is 0 Å². The number of nitrogens with zero attached hydrogens (tertiary/aromatic N) is 4. The summed E-state index contributed by atoms with van der Waals surface area (Å²) < 4.78 is 2.88. The van der Waals surface area contributed by atoms with Gasteiger partial charge in [0.15, 0.2) is 0 Å². The van der Waals surface area contributed by atoms with Gasteiger partial charge in [-0.1, -0.05) is 41.0 Å². The number of carbonyl (C=O) groups excluding carboxylic acids is 1. The molecule has 0 atom stereocenters. The molecule has 0 aliphatic carbocycles. The third-order valence-corrected chi connectivity index (χ3v) is 3.54. The minimum Gasteiger partial charge on any atom is -0.244 e. The molecule has 5 nitrogen and oxygen atoms in total. The Kier molecular flexibility index (Phi) is 4.60. The molecule has 2 rings (SSSR count). The van der Waals surface area contributed by atoms with Crippen LogP contribution in [-0.2, 0) is 6.42 Å². The van der Waals surface area contributed by atoms with E-state index in [1.54, 1.807) is 23.1 Å². The lowest BCUT2D eigenvalue weighted by Crippen LogP contribution is -2.23. The Hall–Kier alpha value is -1.91. The van der Waals surface area contributed by atoms with Gasteiger partial charge in [0.1, 0.15) is 0 Å². The Balaban J connectivity index is 2.59. The van der Waals surface area contributed by atoms with E-state index >= 15 is 0 Å². The second kappa shape index (κ2) is 6.24. The molecule has 5 heteroatoms. The van der Waals surface area contributed by atoms with Gasteiger partial charge in [-0.05, 0) is 29.9 Å². The van der Waals surface area contributed by atoms with Gasteiger partial charge >= 0.3 is 6.03 Å². The first-order valence-corrected chi connectivity index (χ1v) is 7.63. The Morgan fingerprint density at radius 2 is 1.95 bits per heavy atom. The molecule has 114 valence electrons. The second-order valence-electron chi connectivity index (χ2n) is 5.95. The highest BCUT2D eigenvalue weighted by Gasteiger charge is 2.25. The van der Waals surface area contributed by atoms with Crippen LogP contribution < -0.4 is 0 Å². The van der Waals surface area contributed by atoms with Crippen LogP contribution in [0.1, 0.15) is 69.8 Å². The van der Waals surface area contributed by atoms with Crippen molar-refractivity contribution in [3.8, 4) is 0 Å². The molecule has 0 aliphatic rings. The van der Waals surface area contributed by atoms with Crippen molar-refractivity contribution in [1.82, 2.24) is 19.6 Å². The van der Waals surface area contributed by atoms with Crippen molar-refractivity contribution in [3.63, 3.8) is 0 Å². The zero-order valence-electron chi connectivity index (χ0n) is 13.5. The molecule has 0 unspecified atom stereocenters. The third kappa shape index (κ3) is 2.91. The summed E-state index contributed by atoms with van der Waals surface area (Å²) in [5.74, 6) is 0.646. The molecule has 2 aromatic heterocycles. The van der Waals surface area contributed by atoms with E-state index in [2.05, 4.69) is 44.8 Å². The molecule has 0 amide bonds. The second-order valence-corrected chi connectivity index (χ2v) is 5.95. The van der Waals surface area contributed by atoms with Crippen molar-refractivity contribution in [1.29, 1.82) is 0 Å². The van der Waals surface area contributed by atoms with Crippen LogP contribution in [0.15, 0.2) is 18.5 Å². The summed E-state index contributed by atoms with van der Waals surface area (Å²) in [6.45, 7) is 10.7. The molecule has 0 spiro atoms. The topological polar surface area (TPSA) is 52.7 Å². The number of hydrogen-bond donors (Lipinski definition) is 0. The van der Waals surface area contributed by atoms with Crippen molar-refractivity contribution in [3.05, 3.63) is 35.4 Å². The van der Waals surface area contributed by atoms with E-state index in [0.29, 0.717) is 11.8 Å². The number of carbonyl (C=O) groups is 1. The maximum Gasteiger partial charge on any atom is 0.369 e. The van der Waals surface area contributed by atoms with E-state index in [4.69, 9.17) is 0 Å². The normalized spacial score (nSPS) is 11.6. The van der Waals surface area contributed by atoms with Gasteiger partial charge in [0.25, 0.3) is 0 Å². The van der Waals surface area contributed by atoms with Crippen LogP contribution in [-0.4, -0.2) is 25.6 Å². The lowest BCUT2D eigenvalue weighted by atomic mass is 9.94. The monoisotopic (exact) mass is 288 g/mol. The lowest BCUT2D eigenvalue weighted by molar-refractivity contribution is 0.237. The van der Waals surface area contributed by atoms with Gasteiger partial charge in [-0.3, -0.25) is 0 Å². The van der Waals surface area contributed by atoms with Crippen LogP contribution >= 0.6 is 0 Å². The average molecular weight is 288 g/mol. The van der Waals surface area contributed by atoms with Crippen molar-refractivity contribution in [2.24, 2.45) is 0 Å². The molecule has 0 aromatic carbocycles. The minimum absolute atomic E-state index is 0.211. The Bertz CT molecular complexity index is 609. The largest absolute Gasteiger partial charge is 0.369 e. The van der Waals surface area contributed by atoms with Crippen LogP contribution in [0.4, 0.5) is 4.79 Å².